The molecule has 0 aliphatic rings. The van der Waals surface area contributed by atoms with Crippen LogP contribution in [0.3, 0.4) is 0 Å². The molecule has 0 spiro atoms. The van der Waals surface area contributed by atoms with E-state index in [1.165, 1.54) is 4.90 Å². The highest BCUT2D eigenvalue weighted by molar-refractivity contribution is 6.32. The first kappa shape index (κ1) is 17.9. The van der Waals surface area contributed by atoms with Crippen LogP contribution in [0.5, 0.6) is 11.5 Å². The Hall–Kier alpha value is -2.40. The Bertz CT molecular complexity index is 719. The molecule has 2 rings (SSSR count). The second kappa shape index (κ2) is 7.93. The SMILES string of the molecule is CCC(Oc1ccc(NC(=O)N(C)C)cc1Cl)c1ccccc1O. The molecule has 0 aliphatic carbocycles. The molecular weight excluding hydrogens is 328 g/mol. The van der Waals surface area contributed by atoms with Gasteiger partial charge in [0.25, 0.3) is 0 Å². The van der Waals surface area contributed by atoms with Crippen molar-refractivity contribution in [3.8, 4) is 11.5 Å². The Morgan fingerprint density at radius 2 is 2.00 bits per heavy atom. The average molecular weight is 349 g/mol. The van der Waals surface area contributed by atoms with Crippen molar-refractivity contribution in [1.82, 2.24) is 4.90 Å². The zero-order chi connectivity index (χ0) is 17.7. The van der Waals surface area contributed by atoms with Gasteiger partial charge in [-0.05, 0) is 30.7 Å². The van der Waals surface area contributed by atoms with Crippen molar-refractivity contribution in [3.05, 3.63) is 53.1 Å². The minimum Gasteiger partial charge on any atom is -0.508 e. The first-order chi connectivity index (χ1) is 11.4. The van der Waals surface area contributed by atoms with Gasteiger partial charge < -0.3 is 20.1 Å². The van der Waals surface area contributed by atoms with E-state index in [-0.39, 0.29) is 17.9 Å². The molecule has 5 nitrogen and oxygen atoms in total. The van der Waals surface area contributed by atoms with Crippen LogP contribution in [0.15, 0.2) is 42.5 Å². The molecule has 1 unspecified atom stereocenters. The summed E-state index contributed by atoms with van der Waals surface area (Å²) < 4.78 is 5.95. The zero-order valence-corrected chi connectivity index (χ0v) is 14.7. The Kier molecular flexibility index (Phi) is 5.93. The van der Waals surface area contributed by atoms with Gasteiger partial charge in [0.2, 0.25) is 0 Å². The molecule has 2 N–H and O–H groups in total. The fourth-order valence-corrected chi connectivity index (χ4v) is 2.41. The number of halogens is 1. The molecule has 2 aromatic carbocycles. The number of phenolic OH excluding ortho intramolecular Hbond substituents is 1. The number of benzene rings is 2. The van der Waals surface area contributed by atoms with E-state index in [0.29, 0.717) is 28.4 Å². The van der Waals surface area contributed by atoms with E-state index in [1.54, 1.807) is 44.4 Å². The molecule has 0 fully saturated rings. The molecule has 0 aromatic heterocycles. The van der Waals surface area contributed by atoms with Crippen LogP contribution in [0.4, 0.5) is 10.5 Å². The van der Waals surface area contributed by atoms with Gasteiger partial charge in [-0.25, -0.2) is 4.79 Å². The largest absolute Gasteiger partial charge is 0.508 e. The lowest BCUT2D eigenvalue weighted by Gasteiger charge is -2.20. The monoisotopic (exact) mass is 348 g/mol. The second-order valence-corrected chi connectivity index (χ2v) is 5.95. The first-order valence-corrected chi connectivity index (χ1v) is 8.02. The maximum Gasteiger partial charge on any atom is 0.321 e. The van der Waals surface area contributed by atoms with Crippen LogP contribution in [-0.4, -0.2) is 30.1 Å². The van der Waals surface area contributed by atoms with Gasteiger partial charge in [0.05, 0.1) is 5.02 Å². The van der Waals surface area contributed by atoms with Gasteiger partial charge in [0.1, 0.15) is 17.6 Å². The van der Waals surface area contributed by atoms with Gasteiger partial charge >= 0.3 is 6.03 Å². The summed E-state index contributed by atoms with van der Waals surface area (Å²) in [6.45, 7) is 1.97. The highest BCUT2D eigenvalue weighted by atomic mass is 35.5. The summed E-state index contributed by atoms with van der Waals surface area (Å²) in [5.74, 6) is 0.685. The number of hydrogen-bond acceptors (Lipinski definition) is 3. The van der Waals surface area contributed by atoms with E-state index in [2.05, 4.69) is 5.32 Å². The van der Waals surface area contributed by atoms with Gasteiger partial charge in [-0.1, -0.05) is 36.7 Å². The van der Waals surface area contributed by atoms with Crippen LogP contribution >= 0.6 is 11.6 Å². The molecule has 0 radical (unpaired) electrons. The third-order valence-electron chi connectivity index (χ3n) is 3.51. The number of aromatic hydroxyl groups is 1. The van der Waals surface area contributed by atoms with E-state index in [0.717, 1.165) is 0 Å². The van der Waals surface area contributed by atoms with Gasteiger partial charge in [-0.3, -0.25) is 0 Å². The van der Waals surface area contributed by atoms with E-state index >= 15 is 0 Å². The number of urea groups is 1. The highest BCUT2D eigenvalue weighted by Crippen LogP contribution is 2.35. The van der Waals surface area contributed by atoms with Crippen molar-refractivity contribution in [1.29, 1.82) is 0 Å². The maximum absolute atomic E-state index is 11.7. The lowest BCUT2D eigenvalue weighted by atomic mass is 10.1. The van der Waals surface area contributed by atoms with E-state index < -0.39 is 0 Å². The van der Waals surface area contributed by atoms with E-state index in [9.17, 15) is 9.90 Å². The molecule has 24 heavy (non-hydrogen) atoms. The summed E-state index contributed by atoms with van der Waals surface area (Å²) in [4.78, 5) is 13.1. The fraction of sp³-hybridized carbons (Fsp3) is 0.278. The number of rotatable bonds is 5. The number of nitrogens with one attached hydrogen (secondary N) is 1. The third kappa shape index (κ3) is 4.32. The number of amides is 2. The number of nitrogens with zero attached hydrogens (tertiary/aromatic N) is 1. The summed E-state index contributed by atoms with van der Waals surface area (Å²) in [5.41, 5.74) is 1.29. The Morgan fingerprint density at radius 3 is 2.58 bits per heavy atom. The first-order valence-electron chi connectivity index (χ1n) is 7.64. The van der Waals surface area contributed by atoms with Crippen LogP contribution in [0.25, 0.3) is 0 Å². The van der Waals surface area contributed by atoms with Crippen molar-refractivity contribution in [3.63, 3.8) is 0 Å². The average Bonchev–Trinajstić information content (AvgIpc) is 2.55. The van der Waals surface area contributed by atoms with Crippen LogP contribution in [0, 0.1) is 0 Å². The van der Waals surface area contributed by atoms with Crippen molar-refractivity contribution < 1.29 is 14.6 Å². The van der Waals surface area contributed by atoms with Crippen LogP contribution < -0.4 is 10.1 Å². The van der Waals surface area contributed by atoms with E-state index in [4.69, 9.17) is 16.3 Å². The topological polar surface area (TPSA) is 61.8 Å². The number of anilines is 1. The molecule has 6 heteroatoms. The molecule has 2 aromatic rings. The highest BCUT2D eigenvalue weighted by Gasteiger charge is 2.17. The lowest BCUT2D eigenvalue weighted by Crippen LogP contribution is -2.27. The molecule has 0 bridgehead atoms. The van der Waals surface area contributed by atoms with Crippen molar-refractivity contribution in [2.75, 3.05) is 19.4 Å². The Balaban J connectivity index is 2.17. The quantitative estimate of drug-likeness (QED) is 0.825. The van der Waals surface area contributed by atoms with Crippen molar-refractivity contribution >= 4 is 23.3 Å². The predicted octanol–water partition coefficient (Wildman–Crippen LogP) is 4.67. The number of hydrogen-bond donors (Lipinski definition) is 2. The number of phenols is 1. The van der Waals surface area contributed by atoms with Crippen LogP contribution in [-0.2, 0) is 0 Å². The number of ether oxygens (including phenoxy) is 1. The molecule has 0 saturated carbocycles. The van der Waals surface area contributed by atoms with Gasteiger partial charge in [-0.2, -0.15) is 0 Å². The third-order valence-corrected chi connectivity index (χ3v) is 3.81. The maximum atomic E-state index is 11.7. The Labute approximate surface area is 146 Å². The van der Waals surface area contributed by atoms with Gasteiger partial charge in [-0.15, -0.1) is 0 Å². The standard InChI is InChI=1S/C18H21ClN2O3/c1-4-16(13-7-5-6-8-15(13)22)24-17-10-9-12(11-14(17)19)20-18(23)21(2)3/h5-11,16,22H,4H2,1-3H3,(H,20,23). The summed E-state index contributed by atoms with van der Waals surface area (Å²) in [5, 5.41) is 13.1. The molecule has 0 aliphatic heterocycles. The van der Waals surface area contributed by atoms with Gasteiger partial charge in [0, 0.05) is 25.3 Å². The van der Waals surface area contributed by atoms with Crippen molar-refractivity contribution in [2.24, 2.45) is 0 Å². The summed E-state index contributed by atoms with van der Waals surface area (Å²) in [6, 6.07) is 11.9. The molecule has 128 valence electrons. The number of carbonyl (C=O) groups is 1. The predicted molar refractivity (Wildman–Crippen MR) is 95.9 cm³/mol. The molecule has 0 heterocycles. The minimum atomic E-state index is -0.314. The van der Waals surface area contributed by atoms with Crippen LogP contribution in [0.1, 0.15) is 25.0 Å². The Morgan fingerprint density at radius 1 is 1.29 bits per heavy atom. The molecular formula is C18H21ClN2O3. The molecule has 1 atom stereocenters. The number of carbonyl (C=O) groups excluding carboxylic acids is 1. The lowest BCUT2D eigenvalue weighted by molar-refractivity contribution is 0.197. The minimum absolute atomic E-state index is 0.190. The van der Waals surface area contributed by atoms with Crippen molar-refractivity contribution in [2.45, 2.75) is 19.4 Å². The normalized spacial score (nSPS) is 11.7. The zero-order valence-electron chi connectivity index (χ0n) is 13.9. The molecule has 0 saturated heterocycles. The van der Waals surface area contributed by atoms with Gasteiger partial charge in [0.15, 0.2) is 0 Å². The molecule has 2 amide bonds. The number of para-hydroxylation sites is 1. The smallest absolute Gasteiger partial charge is 0.321 e. The second-order valence-electron chi connectivity index (χ2n) is 5.54. The van der Waals surface area contributed by atoms with Crippen LogP contribution in [0.2, 0.25) is 5.02 Å². The summed E-state index contributed by atoms with van der Waals surface area (Å²) >= 11 is 6.27. The summed E-state index contributed by atoms with van der Waals surface area (Å²) in [7, 11) is 3.32. The fourth-order valence-electron chi connectivity index (χ4n) is 2.19. The summed E-state index contributed by atoms with van der Waals surface area (Å²) in [6.07, 6.45) is 0.360. The van der Waals surface area contributed by atoms with E-state index in [1.807, 2.05) is 19.1 Å².